The second-order valence-corrected chi connectivity index (χ2v) is 8.13. The predicted octanol–water partition coefficient (Wildman–Crippen LogP) is 3.44. The van der Waals surface area contributed by atoms with Crippen molar-refractivity contribution in [3.63, 3.8) is 0 Å². The van der Waals surface area contributed by atoms with Gasteiger partial charge in [0, 0.05) is 11.2 Å². The average Bonchev–Trinajstić information content (AvgIpc) is 3.18. The van der Waals surface area contributed by atoms with Gasteiger partial charge in [-0.3, -0.25) is 4.68 Å². The Morgan fingerprint density at radius 2 is 2.04 bits per heavy atom. The van der Waals surface area contributed by atoms with E-state index in [4.69, 9.17) is 11.6 Å². The number of sulfonamides is 1. The minimum atomic E-state index is -3.61. The third kappa shape index (κ3) is 3.76. The van der Waals surface area contributed by atoms with Crippen LogP contribution in [0.2, 0.25) is 5.02 Å². The first-order valence-corrected chi connectivity index (χ1v) is 9.62. The van der Waals surface area contributed by atoms with Crippen molar-refractivity contribution >= 4 is 21.6 Å². The molecule has 0 radical (unpaired) electrons. The van der Waals surface area contributed by atoms with Gasteiger partial charge in [-0.2, -0.15) is 5.10 Å². The minimum Gasteiger partial charge on any atom is -0.269 e. The van der Waals surface area contributed by atoms with Crippen molar-refractivity contribution in [3.8, 4) is 0 Å². The van der Waals surface area contributed by atoms with Crippen LogP contribution in [0.1, 0.15) is 43.0 Å². The molecule has 1 aromatic heterocycles. The molecule has 1 aliphatic carbocycles. The van der Waals surface area contributed by atoms with Gasteiger partial charge in [-0.25, -0.2) is 13.1 Å². The van der Waals surface area contributed by atoms with Crippen LogP contribution in [-0.4, -0.2) is 18.2 Å². The Bertz CT molecular complexity index is 795. The Morgan fingerprint density at radius 3 is 2.78 bits per heavy atom. The van der Waals surface area contributed by atoms with Gasteiger partial charge in [0.15, 0.2) is 0 Å². The molecular weight excluding hydrogens is 334 g/mol. The molecule has 1 fully saturated rings. The van der Waals surface area contributed by atoms with E-state index in [1.54, 1.807) is 19.1 Å². The van der Waals surface area contributed by atoms with Crippen LogP contribution in [0, 0.1) is 6.92 Å². The van der Waals surface area contributed by atoms with E-state index < -0.39 is 10.0 Å². The number of hydrogen-bond donors (Lipinski definition) is 1. The molecular formula is C16H20ClN3O2S. The number of aromatic nitrogens is 2. The number of rotatable bonds is 5. The highest BCUT2D eigenvalue weighted by Gasteiger charge is 2.19. The Labute approximate surface area is 141 Å². The topological polar surface area (TPSA) is 64.0 Å². The average molecular weight is 354 g/mol. The van der Waals surface area contributed by atoms with Gasteiger partial charge < -0.3 is 0 Å². The number of aryl methyl sites for hydroxylation is 1. The molecule has 0 saturated heterocycles. The van der Waals surface area contributed by atoms with Crippen molar-refractivity contribution < 1.29 is 8.42 Å². The lowest BCUT2D eigenvalue weighted by Gasteiger charge is -2.10. The third-order valence-electron chi connectivity index (χ3n) is 4.25. The fourth-order valence-electron chi connectivity index (χ4n) is 2.95. The number of benzene rings is 1. The van der Waals surface area contributed by atoms with Crippen LogP contribution in [0.15, 0.2) is 35.4 Å². The van der Waals surface area contributed by atoms with Crippen LogP contribution in [0.25, 0.3) is 0 Å². The van der Waals surface area contributed by atoms with E-state index in [1.807, 2.05) is 16.9 Å². The molecule has 0 bridgehead atoms. The molecule has 1 saturated carbocycles. The van der Waals surface area contributed by atoms with Crippen molar-refractivity contribution in [1.82, 2.24) is 14.5 Å². The second-order valence-electron chi connectivity index (χ2n) is 5.96. The summed E-state index contributed by atoms with van der Waals surface area (Å²) < 4.78 is 29.4. The van der Waals surface area contributed by atoms with Gasteiger partial charge in [-0.1, -0.05) is 30.5 Å². The molecule has 124 valence electrons. The highest BCUT2D eigenvalue weighted by atomic mass is 35.5. The Kier molecular flexibility index (Phi) is 4.75. The number of hydrogen-bond acceptors (Lipinski definition) is 3. The molecule has 1 aliphatic rings. The SMILES string of the molecule is Cc1ccc(Cl)cc1S(=O)(=O)NCc1ccn(C2CCCC2)n1. The molecule has 7 heteroatoms. The van der Waals surface area contributed by atoms with Crippen molar-refractivity contribution in [2.45, 2.75) is 50.1 Å². The van der Waals surface area contributed by atoms with E-state index in [0.717, 1.165) is 18.5 Å². The molecule has 0 aliphatic heterocycles. The quantitative estimate of drug-likeness (QED) is 0.895. The van der Waals surface area contributed by atoms with Crippen LogP contribution in [0.5, 0.6) is 0 Å². The molecule has 0 amide bonds. The van der Waals surface area contributed by atoms with Gasteiger partial charge >= 0.3 is 0 Å². The molecule has 1 aromatic carbocycles. The summed E-state index contributed by atoms with van der Waals surface area (Å²) in [7, 11) is -3.61. The summed E-state index contributed by atoms with van der Waals surface area (Å²) in [5.41, 5.74) is 1.39. The number of halogens is 1. The maximum absolute atomic E-state index is 12.4. The van der Waals surface area contributed by atoms with Crippen molar-refractivity contribution in [2.75, 3.05) is 0 Å². The van der Waals surface area contributed by atoms with Gasteiger partial charge in [0.25, 0.3) is 0 Å². The van der Waals surface area contributed by atoms with Gasteiger partial charge in [0.1, 0.15) is 0 Å². The second kappa shape index (κ2) is 6.63. The molecule has 0 spiro atoms. The van der Waals surface area contributed by atoms with Crippen LogP contribution in [0.3, 0.4) is 0 Å². The first-order chi connectivity index (χ1) is 11.0. The van der Waals surface area contributed by atoms with E-state index in [2.05, 4.69) is 9.82 Å². The Hall–Kier alpha value is -1.37. The van der Waals surface area contributed by atoms with Gasteiger partial charge in [0.05, 0.1) is 23.2 Å². The summed E-state index contributed by atoms with van der Waals surface area (Å²) in [5, 5.41) is 4.90. The highest BCUT2D eigenvalue weighted by molar-refractivity contribution is 7.89. The van der Waals surface area contributed by atoms with Crippen LogP contribution in [-0.2, 0) is 16.6 Å². The lowest BCUT2D eigenvalue weighted by Crippen LogP contribution is -2.24. The first kappa shape index (κ1) is 16.5. The largest absolute Gasteiger partial charge is 0.269 e. The summed E-state index contributed by atoms with van der Waals surface area (Å²) in [6.45, 7) is 1.92. The summed E-state index contributed by atoms with van der Waals surface area (Å²) in [4.78, 5) is 0.209. The summed E-state index contributed by atoms with van der Waals surface area (Å²) in [5.74, 6) is 0. The van der Waals surface area contributed by atoms with E-state index in [1.165, 1.54) is 18.9 Å². The molecule has 5 nitrogen and oxygen atoms in total. The first-order valence-electron chi connectivity index (χ1n) is 7.75. The maximum atomic E-state index is 12.4. The van der Waals surface area contributed by atoms with Crippen molar-refractivity contribution in [1.29, 1.82) is 0 Å². The third-order valence-corrected chi connectivity index (χ3v) is 6.02. The van der Waals surface area contributed by atoms with Crippen LogP contribution in [0.4, 0.5) is 0 Å². The van der Waals surface area contributed by atoms with Crippen molar-refractivity contribution in [2.24, 2.45) is 0 Å². The summed E-state index contributed by atoms with van der Waals surface area (Å²) >= 11 is 5.91. The lowest BCUT2D eigenvalue weighted by molar-refractivity contribution is 0.462. The highest BCUT2D eigenvalue weighted by Crippen LogP contribution is 2.28. The zero-order chi connectivity index (χ0) is 16.4. The molecule has 0 unspecified atom stereocenters. The summed E-state index contributed by atoms with van der Waals surface area (Å²) in [6.07, 6.45) is 6.70. The molecule has 0 atom stereocenters. The fraction of sp³-hybridized carbons (Fsp3) is 0.438. The standard InChI is InChI=1S/C16H20ClN3O2S/c1-12-6-7-13(17)10-16(12)23(21,22)18-11-14-8-9-20(19-14)15-4-2-3-5-15/h6-10,15,18H,2-5,11H2,1H3. The van der Waals surface area contributed by atoms with Crippen LogP contribution < -0.4 is 4.72 Å². The van der Waals surface area contributed by atoms with E-state index in [-0.39, 0.29) is 11.4 Å². The van der Waals surface area contributed by atoms with E-state index >= 15 is 0 Å². The predicted molar refractivity (Wildman–Crippen MR) is 89.9 cm³/mol. The zero-order valence-corrected chi connectivity index (χ0v) is 14.6. The smallest absolute Gasteiger partial charge is 0.241 e. The Balaban J connectivity index is 1.70. The molecule has 2 aromatic rings. The van der Waals surface area contributed by atoms with Gasteiger partial charge in [0.2, 0.25) is 10.0 Å². The molecule has 23 heavy (non-hydrogen) atoms. The Morgan fingerprint density at radius 1 is 1.30 bits per heavy atom. The zero-order valence-electron chi connectivity index (χ0n) is 13.0. The van der Waals surface area contributed by atoms with Gasteiger partial charge in [-0.05, 0) is 43.5 Å². The van der Waals surface area contributed by atoms with E-state index in [0.29, 0.717) is 16.6 Å². The van der Waals surface area contributed by atoms with Crippen LogP contribution >= 0.6 is 11.6 Å². The fourth-order valence-corrected chi connectivity index (χ4v) is 4.46. The van der Waals surface area contributed by atoms with Crippen molar-refractivity contribution in [3.05, 3.63) is 46.7 Å². The minimum absolute atomic E-state index is 0.175. The molecule has 1 heterocycles. The molecule has 3 rings (SSSR count). The molecule has 1 N–H and O–H groups in total. The number of nitrogens with one attached hydrogen (secondary N) is 1. The summed E-state index contributed by atoms with van der Waals surface area (Å²) in [6, 6.07) is 7.17. The monoisotopic (exact) mass is 353 g/mol. The normalized spacial score (nSPS) is 16.1. The maximum Gasteiger partial charge on any atom is 0.241 e. The van der Waals surface area contributed by atoms with E-state index in [9.17, 15) is 8.42 Å². The lowest BCUT2D eigenvalue weighted by atomic mass is 10.2. The van der Waals surface area contributed by atoms with Gasteiger partial charge in [-0.15, -0.1) is 0 Å². The number of nitrogens with zero attached hydrogens (tertiary/aromatic N) is 2.